The lowest BCUT2D eigenvalue weighted by Gasteiger charge is -2.46. The maximum absolute atomic E-state index is 12.8. The molecule has 7 nitrogen and oxygen atoms in total. The summed E-state index contributed by atoms with van der Waals surface area (Å²) in [5.74, 6) is -0.417. The molecule has 0 bridgehead atoms. The third-order valence-corrected chi connectivity index (χ3v) is 6.47. The molecule has 2 amide bonds. The number of hydrogen-bond acceptors (Lipinski definition) is 5. The van der Waals surface area contributed by atoms with Crippen LogP contribution in [0, 0.1) is 6.92 Å². The van der Waals surface area contributed by atoms with Crippen molar-refractivity contribution in [3.05, 3.63) is 59.3 Å². The first kappa shape index (κ1) is 25.0. The molecule has 188 valence electrons. The summed E-state index contributed by atoms with van der Waals surface area (Å²) in [6.07, 6.45) is 1.33. The van der Waals surface area contributed by atoms with Crippen molar-refractivity contribution < 1.29 is 27.5 Å². The van der Waals surface area contributed by atoms with Gasteiger partial charge in [0.1, 0.15) is 6.10 Å². The van der Waals surface area contributed by atoms with Crippen LogP contribution in [0.3, 0.4) is 0 Å². The summed E-state index contributed by atoms with van der Waals surface area (Å²) in [6.45, 7) is 3.20. The molecule has 0 radical (unpaired) electrons. The lowest BCUT2D eigenvalue weighted by molar-refractivity contribution is -0.137. The van der Waals surface area contributed by atoms with Gasteiger partial charge in [0, 0.05) is 37.0 Å². The molecule has 0 unspecified atom stereocenters. The molecular weight excluding hydrogens is 461 g/mol. The van der Waals surface area contributed by atoms with Crippen molar-refractivity contribution in [2.75, 3.05) is 19.6 Å². The summed E-state index contributed by atoms with van der Waals surface area (Å²) in [4.78, 5) is 30.9. The van der Waals surface area contributed by atoms with Gasteiger partial charge in [-0.1, -0.05) is 6.07 Å². The molecule has 2 N–H and O–H groups in total. The number of halogens is 3. The molecule has 0 spiro atoms. The van der Waals surface area contributed by atoms with Gasteiger partial charge in [-0.05, 0) is 62.4 Å². The summed E-state index contributed by atoms with van der Waals surface area (Å²) in [5, 5.41) is 5.25. The fraction of sp³-hybridized carbons (Fsp3) is 0.480. The average molecular weight is 491 g/mol. The third-order valence-electron chi connectivity index (χ3n) is 6.47. The van der Waals surface area contributed by atoms with E-state index in [9.17, 15) is 22.8 Å². The van der Waals surface area contributed by atoms with Gasteiger partial charge in [-0.2, -0.15) is 13.2 Å². The van der Waals surface area contributed by atoms with Crippen molar-refractivity contribution in [2.24, 2.45) is 0 Å². The predicted molar refractivity (Wildman–Crippen MR) is 123 cm³/mol. The van der Waals surface area contributed by atoms with Crippen molar-refractivity contribution in [1.82, 2.24) is 20.5 Å². The normalized spacial score (nSPS) is 21.1. The molecule has 0 atom stereocenters. The smallest absolute Gasteiger partial charge is 0.416 e. The first-order valence-electron chi connectivity index (χ1n) is 11.8. The van der Waals surface area contributed by atoms with Crippen LogP contribution in [0.5, 0.6) is 5.88 Å². The lowest BCUT2D eigenvalue weighted by atomic mass is 9.89. The van der Waals surface area contributed by atoms with Crippen LogP contribution in [0.25, 0.3) is 0 Å². The Kier molecular flexibility index (Phi) is 7.59. The Bertz CT molecular complexity index is 1050. The van der Waals surface area contributed by atoms with E-state index in [0.29, 0.717) is 11.9 Å². The van der Waals surface area contributed by atoms with Gasteiger partial charge in [0.05, 0.1) is 18.2 Å². The number of carbonyl (C=O) groups excluding carboxylic acids is 2. The largest absolute Gasteiger partial charge is 0.474 e. The number of hydrogen-bond donors (Lipinski definition) is 2. The summed E-state index contributed by atoms with van der Waals surface area (Å²) >= 11 is 0. The molecule has 10 heteroatoms. The highest BCUT2D eigenvalue weighted by atomic mass is 19.4. The Morgan fingerprint density at radius 3 is 2.54 bits per heavy atom. The number of aryl methyl sites for hydroxylation is 1. The minimum atomic E-state index is -4.53. The Balaban J connectivity index is 1.14. The average Bonchev–Trinajstić information content (AvgIpc) is 2.80. The molecule has 2 aliphatic rings. The zero-order valence-electron chi connectivity index (χ0n) is 19.5. The molecule has 1 saturated heterocycles. The van der Waals surface area contributed by atoms with Gasteiger partial charge in [-0.15, -0.1) is 0 Å². The van der Waals surface area contributed by atoms with E-state index in [2.05, 4.69) is 20.5 Å². The van der Waals surface area contributed by atoms with Gasteiger partial charge in [0.2, 0.25) is 11.8 Å². The van der Waals surface area contributed by atoms with Crippen LogP contribution in [0.4, 0.5) is 13.2 Å². The van der Waals surface area contributed by atoms with Crippen molar-refractivity contribution in [3.63, 3.8) is 0 Å². The fourth-order valence-corrected chi connectivity index (χ4v) is 4.55. The quantitative estimate of drug-likeness (QED) is 0.622. The van der Waals surface area contributed by atoms with Crippen LogP contribution < -0.4 is 15.4 Å². The van der Waals surface area contributed by atoms with Gasteiger partial charge in [0.25, 0.3) is 5.91 Å². The molecule has 2 aromatic rings. The number of aromatic nitrogens is 1. The van der Waals surface area contributed by atoms with Crippen LogP contribution in [-0.4, -0.2) is 59.5 Å². The van der Waals surface area contributed by atoms with E-state index in [1.54, 1.807) is 6.20 Å². The second-order valence-electron chi connectivity index (χ2n) is 9.20. The first-order valence-corrected chi connectivity index (χ1v) is 11.8. The highest BCUT2D eigenvalue weighted by Crippen LogP contribution is 2.30. The molecule has 1 aromatic carbocycles. The van der Waals surface area contributed by atoms with Crippen molar-refractivity contribution in [3.8, 4) is 5.88 Å². The molecule has 1 saturated carbocycles. The first-order chi connectivity index (χ1) is 16.7. The van der Waals surface area contributed by atoms with Crippen LogP contribution in [0.2, 0.25) is 0 Å². The SMILES string of the molecule is Cc1ccnc(OC2CCC(N3CC(NC(=O)CNC(=O)c4cccc(C(F)(F)F)c4)C3)CC2)c1. The van der Waals surface area contributed by atoms with E-state index in [1.165, 1.54) is 12.1 Å². The lowest BCUT2D eigenvalue weighted by Crippen LogP contribution is -2.63. The molecule has 1 aromatic heterocycles. The molecule has 2 heterocycles. The number of pyridine rings is 1. The number of carbonyl (C=O) groups is 2. The highest BCUT2D eigenvalue weighted by Gasteiger charge is 2.36. The zero-order chi connectivity index (χ0) is 25.0. The predicted octanol–water partition coefficient (Wildman–Crippen LogP) is 3.33. The van der Waals surface area contributed by atoms with Gasteiger partial charge in [0.15, 0.2) is 0 Å². The molecule has 2 fully saturated rings. The van der Waals surface area contributed by atoms with Gasteiger partial charge >= 0.3 is 6.18 Å². The number of nitrogens with zero attached hydrogens (tertiary/aromatic N) is 2. The number of amides is 2. The third kappa shape index (κ3) is 6.72. The van der Waals surface area contributed by atoms with E-state index < -0.39 is 17.6 Å². The van der Waals surface area contributed by atoms with Crippen LogP contribution in [-0.2, 0) is 11.0 Å². The monoisotopic (exact) mass is 490 g/mol. The molecule has 1 aliphatic carbocycles. The molecule has 4 rings (SSSR count). The summed E-state index contributed by atoms with van der Waals surface area (Å²) in [7, 11) is 0. The number of likely N-dealkylation sites (tertiary alicyclic amines) is 1. The molecular formula is C25H29F3N4O3. The summed E-state index contributed by atoms with van der Waals surface area (Å²) in [5.41, 5.74) is 0.0735. The summed E-state index contributed by atoms with van der Waals surface area (Å²) < 4.78 is 44.5. The van der Waals surface area contributed by atoms with Gasteiger partial charge in [-0.25, -0.2) is 4.98 Å². The standard InChI is InChI=1S/C25H29F3N4O3/c1-16-9-10-29-23(11-16)35-21-7-5-20(6-8-21)32-14-19(15-32)31-22(33)13-30-24(34)17-3-2-4-18(12-17)25(26,27)28/h2-4,9-12,19-21H,5-8,13-15H2,1H3,(H,30,34)(H,31,33). The van der Waals surface area contributed by atoms with Gasteiger partial charge < -0.3 is 15.4 Å². The van der Waals surface area contributed by atoms with Crippen LogP contribution in [0.15, 0.2) is 42.6 Å². The van der Waals surface area contributed by atoms with Crippen LogP contribution >= 0.6 is 0 Å². The van der Waals surface area contributed by atoms with E-state index in [0.717, 1.165) is 56.5 Å². The number of benzene rings is 1. The van der Waals surface area contributed by atoms with E-state index >= 15 is 0 Å². The van der Waals surface area contributed by atoms with Gasteiger partial charge in [-0.3, -0.25) is 14.5 Å². The second kappa shape index (κ2) is 10.6. The van der Waals surface area contributed by atoms with E-state index in [1.807, 2.05) is 19.1 Å². The second-order valence-corrected chi connectivity index (χ2v) is 9.20. The van der Waals surface area contributed by atoms with Crippen molar-refractivity contribution in [2.45, 2.75) is 57.0 Å². The van der Waals surface area contributed by atoms with E-state index in [-0.39, 0.29) is 30.2 Å². The zero-order valence-corrected chi connectivity index (χ0v) is 19.5. The summed E-state index contributed by atoms with van der Waals surface area (Å²) in [6, 6.07) is 8.45. The molecule has 35 heavy (non-hydrogen) atoms. The van der Waals surface area contributed by atoms with E-state index in [4.69, 9.17) is 4.74 Å². The van der Waals surface area contributed by atoms with Crippen molar-refractivity contribution in [1.29, 1.82) is 0 Å². The minimum Gasteiger partial charge on any atom is -0.474 e. The topological polar surface area (TPSA) is 83.6 Å². The Labute approximate surface area is 202 Å². The maximum atomic E-state index is 12.8. The number of alkyl halides is 3. The maximum Gasteiger partial charge on any atom is 0.416 e. The number of rotatable bonds is 7. The fourth-order valence-electron chi connectivity index (χ4n) is 4.55. The minimum absolute atomic E-state index is 0.00146. The van der Waals surface area contributed by atoms with Crippen molar-refractivity contribution >= 4 is 11.8 Å². The Hall–Kier alpha value is -3.14. The van der Waals surface area contributed by atoms with Crippen LogP contribution in [0.1, 0.15) is 47.2 Å². The molecule has 1 aliphatic heterocycles. The number of nitrogens with one attached hydrogen (secondary N) is 2. The highest BCUT2D eigenvalue weighted by molar-refractivity contribution is 5.96. The Morgan fingerprint density at radius 2 is 1.86 bits per heavy atom. The number of ether oxygens (including phenoxy) is 1. The Morgan fingerprint density at radius 1 is 1.11 bits per heavy atom.